The van der Waals surface area contributed by atoms with Gasteiger partial charge < -0.3 is 10.2 Å². The van der Waals surface area contributed by atoms with Crippen LogP contribution in [-0.2, 0) is 4.79 Å². The van der Waals surface area contributed by atoms with Crippen LogP contribution in [0, 0.1) is 0 Å². The molecule has 2 rings (SSSR count). The Hall–Kier alpha value is -2.36. The van der Waals surface area contributed by atoms with Crippen LogP contribution in [0.25, 0.3) is 17.0 Å². The van der Waals surface area contributed by atoms with Crippen LogP contribution in [0.15, 0.2) is 45.8 Å². The first-order chi connectivity index (χ1) is 7.68. The Morgan fingerprint density at radius 1 is 1.31 bits per heavy atom. The molecule has 4 nitrogen and oxygen atoms in total. The predicted octanol–water partition coefficient (Wildman–Crippen LogP) is 1.29. The summed E-state index contributed by atoms with van der Waals surface area (Å²) in [5.41, 5.74) is 5.58. The maximum atomic E-state index is 11.9. The van der Waals surface area contributed by atoms with Crippen LogP contribution in [0.2, 0.25) is 0 Å². The van der Waals surface area contributed by atoms with Crippen molar-refractivity contribution >= 4 is 23.0 Å². The van der Waals surface area contributed by atoms with Gasteiger partial charge in [0.25, 0.3) is 0 Å². The molecule has 0 unspecified atom stereocenters. The molecule has 0 radical (unpaired) electrons. The highest BCUT2D eigenvalue weighted by molar-refractivity contribution is 5.90. The molecule has 0 bridgehead atoms. The van der Waals surface area contributed by atoms with Crippen molar-refractivity contribution < 1.29 is 9.21 Å². The van der Waals surface area contributed by atoms with E-state index >= 15 is 0 Å². The number of primary amides is 1. The van der Waals surface area contributed by atoms with Crippen LogP contribution in [-0.4, -0.2) is 5.91 Å². The van der Waals surface area contributed by atoms with Crippen molar-refractivity contribution in [2.75, 3.05) is 0 Å². The molecule has 16 heavy (non-hydrogen) atoms. The van der Waals surface area contributed by atoms with Crippen molar-refractivity contribution in [3.8, 4) is 0 Å². The van der Waals surface area contributed by atoms with E-state index in [1.807, 2.05) is 0 Å². The molecule has 0 aliphatic heterocycles. The standard InChI is InChI=1S/C12H9NO3/c13-11(14)6-5-8-7-16-10-4-2-1-3-9(10)12(8)15/h1-7H,(H2,13,14)/b6-5+. The maximum absolute atomic E-state index is 11.9. The van der Waals surface area contributed by atoms with Gasteiger partial charge in [0.2, 0.25) is 5.91 Å². The van der Waals surface area contributed by atoms with Gasteiger partial charge in [-0.05, 0) is 18.2 Å². The topological polar surface area (TPSA) is 73.3 Å². The molecule has 0 saturated carbocycles. The molecular formula is C12H9NO3. The average molecular weight is 215 g/mol. The molecule has 4 heteroatoms. The summed E-state index contributed by atoms with van der Waals surface area (Å²) in [6.07, 6.45) is 3.78. The van der Waals surface area contributed by atoms with Gasteiger partial charge in [-0.2, -0.15) is 0 Å². The predicted molar refractivity (Wildman–Crippen MR) is 60.7 cm³/mol. The first-order valence-corrected chi connectivity index (χ1v) is 4.66. The molecule has 0 fully saturated rings. The molecule has 80 valence electrons. The van der Waals surface area contributed by atoms with Crippen molar-refractivity contribution in [1.29, 1.82) is 0 Å². The molecule has 1 amide bonds. The van der Waals surface area contributed by atoms with E-state index in [9.17, 15) is 9.59 Å². The highest BCUT2D eigenvalue weighted by atomic mass is 16.3. The number of hydrogen-bond acceptors (Lipinski definition) is 3. The van der Waals surface area contributed by atoms with E-state index in [0.717, 1.165) is 6.08 Å². The number of fused-ring (bicyclic) bond motifs is 1. The van der Waals surface area contributed by atoms with Crippen molar-refractivity contribution in [1.82, 2.24) is 0 Å². The summed E-state index contributed by atoms with van der Waals surface area (Å²) in [5, 5.41) is 0.481. The molecule has 1 aromatic heterocycles. The van der Waals surface area contributed by atoms with E-state index in [2.05, 4.69) is 0 Å². The Labute approximate surface area is 91.0 Å². The quantitative estimate of drug-likeness (QED) is 0.767. The minimum absolute atomic E-state index is 0.181. The van der Waals surface area contributed by atoms with Crippen LogP contribution in [0.3, 0.4) is 0 Å². The zero-order valence-corrected chi connectivity index (χ0v) is 8.34. The second-order valence-corrected chi connectivity index (χ2v) is 3.25. The van der Waals surface area contributed by atoms with Gasteiger partial charge in [0.05, 0.1) is 10.9 Å². The Morgan fingerprint density at radius 2 is 2.06 bits per heavy atom. The third kappa shape index (κ3) is 1.86. The second-order valence-electron chi connectivity index (χ2n) is 3.25. The molecule has 0 aliphatic carbocycles. The zero-order chi connectivity index (χ0) is 11.5. The fourth-order valence-electron chi connectivity index (χ4n) is 1.38. The molecule has 2 aromatic rings. The fraction of sp³-hybridized carbons (Fsp3) is 0. The summed E-state index contributed by atoms with van der Waals surface area (Å²) in [6.45, 7) is 0. The molecule has 1 aromatic carbocycles. The molecule has 1 heterocycles. The third-order valence-corrected chi connectivity index (χ3v) is 2.13. The molecule has 2 N–H and O–H groups in total. The van der Waals surface area contributed by atoms with Gasteiger partial charge in [-0.25, -0.2) is 0 Å². The minimum Gasteiger partial charge on any atom is -0.463 e. The van der Waals surface area contributed by atoms with Crippen LogP contribution in [0.5, 0.6) is 0 Å². The first-order valence-electron chi connectivity index (χ1n) is 4.66. The zero-order valence-electron chi connectivity index (χ0n) is 8.34. The van der Waals surface area contributed by atoms with Crippen LogP contribution >= 0.6 is 0 Å². The number of para-hydroxylation sites is 1. The van der Waals surface area contributed by atoms with Crippen LogP contribution in [0.4, 0.5) is 0 Å². The number of amides is 1. The van der Waals surface area contributed by atoms with E-state index < -0.39 is 5.91 Å². The summed E-state index contributed by atoms with van der Waals surface area (Å²) in [7, 11) is 0. The first kappa shape index (κ1) is 10.2. The lowest BCUT2D eigenvalue weighted by Gasteiger charge is -1.96. The SMILES string of the molecule is NC(=O)/C=C/c1coc2ccccc2c1=O. The number of nitrogens with two attached hydrogens (primary N) is 1. The summed E-state index contributed by atoms with van der Waals surface area (Å²) >= 11 is 0. The number of hydrogen-bond donors (Lipinski definition) is 1. The third-order valence-electron chi connectivity index (χ3n) is 2.13. The number of rotatable bonds is 2. The Kier molecular flexibility index (Phi) is 2.55. The molecule has 0 spiro atoms. The number of benzene rings is 1. The number of carbonyl (C=O) groups is 1. The van der Waals surface area contributed by atoms with Gasteiger partial charge in [0.15, 0.2) is 5.43 Å². The van der Waals surface area contributed by atoms with Crippen molar-refractivity contribution in [3.63, 3.8) is 0 Å². The van der Waals surface area contributed by atoms with E-state index in [4.69, 9.17) is 10.2 Å². The van der Waals surface area contributed by atoms with Gasteiger partial charge in [0.1, 0.15) is 11.8 Å². The van der Waals surface area contributed by atoms with E-state index in [0.29, 0.717) is 16.5 Å². The highest BCUT2D eigenvalue weighted by Gasteiger charge is 2.03. The maximum Gasteiger partial charge on any atom is 0.241 e. The molecule has 0 saturated heterocycles. The molecular weight excluding hydrogens is 206 g/mol. The Bertz CT molecular complexity index is 625. The molecule has 0 atom stereocenters. The summed E-state index contributed by atoms with van der Waals surface area (Å²) < 4.78 is 5.25. The summed E-state index contributed by atoms with van der Waals surface area (Å²) in [5.74, 6) is -0.604. The van der Waals surface area contributed by atoms with Gasteiger partial charge in [-0.1, -0.05) is 12.1 Å². The Morgan fingerprint density at radius 3 is 2.81 bits per heavy atom. The van der Waals surface area contributed by atoms with Gasteiger partial charge >= 0.3 is 0 Å². The van der Waals surface area contributed by atoms with Gasteiger partial charge in [0, 0.05) is 6.08 Å². The smallest absolute Gasteiger partial charge is 0.241 e. The Balaban J connectivity index is 2.61. The minimum atomic E-state index is -0.604. The van der Waals surface area contributed by atoms with Crippen molar-refractivity contribution in [2.45, 2.75) is 0 Å². The van der Waals surface area contributed by atoms with Crippen molar-refractivity contribution in [3.05, 3.63) is 52.4 Å². The monoisotopic (exact) mass is 215 g/mol. The second kappa shape index (κ2) is 4.02. The van der Waals surface area contributed by atoms with Crippen molar-refractivity contribution in [2.24, 2.45) is 5.73 Å². The lowest BCUT2D eigenvalue weighted by molar-refractivity contribution is -0.113. The molecule has 0 aliphatic rings. The highest BCUT2D eigenvalue weighted by Crippen LogP contribution is 2.10. The number of carbonyl (C=O) groups excluding carboxylic acids is 1. The van der Waals surface area contributed by atoms with Gasteiger partial charge in [-0.3, -0.25) is 9.59 Å². The largest absolute Gasteiger partial charge is 0.463 e. The van der Waals surface area contributed by atoms with Crippen LogP contribution < -0.4 is 11.2 Å². The lowest BCUT2D eigenvalue weighted by atomic mass is 10.1. The summed E-state index contributed by atoms with van der Waals surface area (Å²) in [4.78, 5) is 22.4. The normalized spacial score (nSPS) is 11.0. The van der Waals surface area contributed by atoms with E-state index in [1.165, 1.54) is 12.3 Å². The average Bonchev–Trinajstić information content (AvgIpc) is 2.28. The van der Waals surface area contributed by atoms with E-state index in [-0.39, 0.29) is 5.43 Å². The van der Waals surface area contributed by atoms with Crippen LogP contribution in [0.1, 0.15) is 5.56 Å². The van der Waals surface area contributed by atoms with E-state index in [1.54, 1.807) is 24.3 Å². The lowest BCUT2D eigenvalue weighted by Crippen LogP contribution is -2.08. The van der Waals surface area contributed by atoms with Gasteiger partial charge in [-0.15, -0.1) is 0 Å². The summed E-state index contributed by atoms with van der Waals surface area (Å²) in [6, 6.07) is 6.91. The fourth-order valence-corrected chi connectivity index (χ4v) is 1.38.